The summed E-state index contributed by atoms with van der Waals surface area (Å²) < 4.78 is 0. The third-order valence-corrected chi connectivity index (χ3v) is 9.59. The molecule has 11 aromatic rings. The van der Waals surface area contributed by atoms with Gasteiger partial charge in [0.25, 0.3) is 0 Å². The molecule has 0 aliphatic rings. The molecular formula is C38H18. The van der Waals surface area contributed by atoms with Gasteiger partial charge in [-0.2, -0.15) is 0 Å². The van der Waals surface area contributed by atoms with Crippen LogP contribution < -0.4 is 0 Å². The first-order valence-corrected chi connectivity index (χ1v) is 13.5. The number of hydrogen-bond acceptors (Lipinski definition) is 0. The van der Waals surface area contributed by atoms with Gasteiger partial charge in [-0.1, -0.05) is 109 Å². The lowest BCUT2D eigenvalue weighted by Crippen LogP contribution is -1.95. The second-order valence-corrected chi connectivity index (χ2v) is 11.2. The molecule has 38 heavy (non-hydrogen) atoms. The third-order valence-electron chi connectivity index (χ3n) is 9.59. The van der Waals surface area contributed by atoms with Crippen molar-refractivity contribution in [3.8, 4) is 0 Å². The molecule has 0 saturated heterocycles. The fourth-order valence-electron chi connectivity index (χ4n) is 8.20. The summed E-state index contributed by atoms with van der Waals surface area (Å²) in [7, 11) is 0. The standard InChI is InChI=1S/C38H18/c1-3-19-7-9-21-11-13-23-16-18-28-36-26-6-2-4-20-8-10-22-12-14-24-15-17-27(38(36)34(24)32(22)30(20)26)35-25(5-1)29(19)31(21)33(23)37(28)35/h1-18H. The summed E-state index contributed by atoms with van der Waals surface area (Å²) in [5.41, 5.74) is 0. The average Bonchev–Trinajstić information content (AvgIpc) is 2.98. The predicted molar refractivity (Wildman–Crippen MR) is 166 cm³/mol. The number of hydrogen-bond donors (Lipinski definition) is 0. The number of rotatable bonds is 0. The van der Waals surface area contributed by atoms with Crippen molar-refractivity contribution in [2.24, 2.45) is 0 Å². The Labute approximate surface area is 216 Å². The van der Waals surface area contributed by atoms with Gasteiger partial charge in [-0.25, -0.2) is 0 Å². The minimum absolute atomic E-state index is 1.33. The Kier molecular flexibility index (Phi) is 2.79. The molecule has 0 N–H and O–H groups in total. The van der Waals surface area contributed by atoms with Crippen molar-refractivity contribution in [1.29, 1.82) is 0 Å². The quantitative estimate of drug-likeness (QED) is 0.151. The maximum Gasteiger partial charge on any atom is -0.000740 e. The van der Waals surface area contributed by atoms with E-state index in [1.165, 1.54) is 108 Å². The van der Waals surface area contributed by atoms with Gasteiger partial charge in [0.2, 0.25) is 0 Å². The highest BCUT2D eigenvalue weighted by molar-refractivity contribution is 6.51. The summed E-state index contributed by atoms with van der Waals surface area (Å²) in [5, 5.41) is 27.6. The van der Waals surface area contributed by atoms with E-state index in [1.807, 2.05) is 0 Å². The summed E-state index contributed by atoms with van der Waals surface area (Å²) in [6.07, 6.45) is 0. The van der Waals surface area contributed by atoms with E-state index in [4.69, 9.17) is 0 Å². The van der Waals surface area contributed by atoms with Crippen molar-refractivity contribution in [1.82, 2.24) is 0 Å². The van der Waals surface area contributed by atoms with Crippen LogP contribution in [-0.4, -0.2) is 0 Å². The molecule has 0 radical (unpaired) electrons. The van der Waals surface area contributed by atoms with E-state index in [-0.39, 0.29) is 0 Å². The van der Waals surface area contributed by atoms with Crippen LogP contribution >= 0.6 is 0 Å². The monoisotopic (exact) mass is 474 g/mol. The Hall–Kier alpha value is -4.94. The summed E-state index contributed by atoms with van der Waals surface area (Å²) in [6, 6.07) is 41.7. The van der Waals surface area contributed by atoms with E-state index in [2.05, 4.69) is 109 Å². The minimum atomic E-state index is 1.33. The van der Waals surface area contributed by atoms with Gasteiger partial charge in [-0.15, -0.1) is 0 Å². The smallest absolute Gasteiger partial charge is 0.000740 e. The first-order chi connectivity index (χ1) is 18.9. The molecule has 0 heterocycles. The highest BCUT2D eigenvalue weighted by Gasteiger charge is 2.24. The van der Waals surface area contributed by atoms with Crippen LogP contribution in [0.25, 0.3) is 108 Å². The Morgan fingerprint density at radius 1 is 0.184 bits per heavy atom. The van der Waals surface area contributed by atoms with Crippen LogP contribution in [0.1, 0.15) is 0 Å². The molecule has 11 rings (SSSR count). The second-order valence-electron chi connectivity index (χ2n) is 11.2. The van der Waals surface area contributed by atoms with Crippen LogP contribution in [0.4, 0.5) is 0 Å². The minimum Gasteiger partial charge on any atom is -0.0610 e. The molecule has 0 heteroatoms. The maximum absolute atomic E-state index is 2.40. The molecule has 0 aliphatic heterocycles. The molecule has 0 aliphatic carbocycles. The predicted octanol–water partition coefficient (Wildman–Crippen LogP) is 11.0. The Bertz CT molecular complexity index is 2540. The zero-order valence-corrected chi connectivity index (χ0v) is 20.4. The molecule has 11 aromatic carbocycles. The summed E-state index contributed by atoms with van der Waals surface area (Å²) in [6.45, 7) is 0. The molecule has 0 bridgehead atoms. The fourth-order valence-corrected chi connectivity index (χ4v) is 8.20. The Morgan fingerprint density at radius 3 is 0.868 bits per heavy atom. The van der Waals surface area contributed by atoms with E-state index >= 15 is 0 Å². The van der Waals surface area contributed by atoms with Crippen LogP contribution in [-0.2, 0) is 0 Å². The van der Waals surface area contributed by atoms with Crippen molar-refractivity contribution in [2.45, 2.75) is 0 Å². The van der Waals surface area contributed by atoms with Crippen molar-refractivity contribution in [3.05, 3.63) is 109 Å². The normalized spacial score (nSPS) is 13.3. The highest BCUT2D eigenvalue weighted by atomic mass is 14.3. The maximum atomic E-state index is 2.40. The molecule has 0 saturated carbocycles. The first-order valence-electron chi connectivity index (χ1n) is 13.5. The van der Waals surface area contributed by atoms with E-state index in [9.17, 15) is 0 Å². The van der Waals surface area contributed by atoms with Gasteiger partial charge in [0.15, 0.2) is 0 Å². The molecular weight excluding hydrogens is 456 g/mol. The van der Waals surface area contributed by atoms with Gasteiger partial charge in [0, 0.05) is 0 Å². The molecule has 170 valence electrons. The van der Waals surface area contributed by atoms with Gasteiger partial charge in [-0.05, 0) is 108 Å². The van der Waals surface area contributed by atoms with Crippen molar-refractivity contribution in [3.63, 3.8) is 0 Å². The van der Waals surface area contributed by atoms with Crippen LogP contribution in [0, 0.1) is 0 Å². The lowest BCUT2D eigenvalue weighted by molar-refractivity contribution is 1.80. The lowest BCUT2D eigenvalue weighted by atomic mass is 9.79. The van der Waals surface area contributed by atoms with Gasteiger partial charge >= 0.3 is 0 Å². The highest BCUT2D eigenvalue weighted by Crippen LogP contribution is 2.53. The summed E-state index contributed by atoms with van der Waals surface area (Å²) in [5.74, 6) is 0. The molecule has 0 amide bonds. The zero-order chi connectivity index (χ0) is 24.3. The largest absolute Gasteiger partial charge is 0.0610 e. The van der Waals surface area contributed by atoms with Gasteiger partial charge in [0.05, 0.1) is 0 Å². The fraction of sp³-hybridized carbons (Fsp3) is 0. The van der Waals surface area contributed by atoms with E-state index in [0.29, 0.717) is 0 Å². The molecule has 0 nitrogen and oxygen atoms in total. The molecule has 0 fully saturated rings. The van der Waals surface area contributed by atoms with Gasteiger partial charge < -0.3 is 0 Å². The molecule has 0 aromatic heterocycles. The first kappa shape index (κ1) is 18.3. The van der Waals surface area contributed by atoms with E-state index in [1.54, 1.807) is 0 Å². The number of benzene rings is 11. The van der Waals surface area contributed by atoms with E-state index in [0.717, 1.165) is 0 Å². The third kappa shape index (κ3) is 1.79. The number of fused-ring (bicyclic) bond motifs is 4. The van der Waals surface area contributed by atoms with Crippen LogP contribution in [0.5, 0.6) is 0 Å². The van der Waals surface area contributed by atoms with Gasteiger partial charge in [-0.3, -0.25) is 0 Å². The van der Waals surface area contributed by atoms with Crippen molar-refractivity contribution >= 4 is 108 Å². The van der Waals surface area contributed by atoms with Crippen molar-refractivity contribution < 1.29 is 0 Å². The SMILES string of the molecule is c1cc2ccc3ccc4ccc5c6c7cccc8ccc9ccc%10ccc(c%11c(c1)c2c3c4c5%11)c6c%10c9c87. The topological polar surface area (TPSA) is 0 Å². The van der Waals surface area contributed by atoms with Crippen LogP contribution in [0.3, 0.4) is 0 Å². The molecule has 0 spiro atoms. The average molecular weight is 475 g/mol. The Morgan fingerprint density at radius 2 is 0.474 bits per heavy atom. The lowest BCUT2D eigenvalue weighted by Gasteiger charge is -2.23. The molecule has 0 unspecified atom stereocenters. The summed E-state index contributed by atoms with van der Waals surface area (Å²) in [4.78, 5) is 0. The van der Waals surface area contributed by atoms with Crippen LogP contribution in [0.15, 0.2) is 109 Å². The van der Waals surface area contributed by atoms with E-state index < -0.39 is 0 Å². The molecule has 0 atom stereocenters. The summed E-state index contributed by atoms with van der Waals surface area (Å²) >= 11 is 0. The van der Waals surface area contributed by atoms with Crippen LogP contribution in [0.2, 0.25) is 0 Å². The van der Waals surface area contributed by atoms with Gasteiger partial charge in [0.1, 0.15) is 0 Å². The second kappa shape index (κ2) is 5.79. The van der Waals surface area contributed by atoms with Crippen molar-refractivity contribution in [2.75, 3.05) is 0 Å². The Balaban J connectivity index is 1.64. The zero-order valence-electron chi connectivity index (χ0n) is 20.4.